The molecule has 20 heavy (non-hydrogen) atoms. The maximum Gasteiger partial charge on any atom is 0.262 e. The van der Waals surface area contributed by atoms with E-state index in [-0.39, 0.29) is 5.56 Å². The summed E-state index contributed by atoms with van der Waals surface area (Å²) in [6, 6.07) is 3.52. The van der Waals surface area contributed by atoms with E-state index in [0.29, 0.717) is 11.4 Å². The van der Waals surface area contributed by atoms with Crippen LogP contribution in [0, 0.1) is 6.92 Å². The second-order valence-electron chi connectivity index (χ2n) is 4.54. The lowest BCUT2D eigenvalue weighted by atomic mass is 10.2. The summed E-state index contributed by atoms with van der Waals surface area (Å²) in [5.41, 5.74) is 1.42. The number of aryl methyl sites for hydroxylation is 1. The smallest absolute Gasteiger partial charge is 0.262 e. The molecule has 0 aliphatic rings. The zero-order valence-corrected chi connectivity index (χ0v) is 11.1. The molecule has 0 aliphatic carbocycles. The van der Waals surface area contributed by atoms with Crippen LogP contribution in [0.15, 0.2) is 30.7 Å². The van der Waals surface area contributed by atoms with Crippen molar-refractivity contribution in [1.29, 1.82) is 0 Å². The number of carbonyl (C=O) groups excluding carboxylic acids is 1. The Hall–Kier alpha value is -2.31. The molecule has 2 heterocycles. The molecule has 1 amide bonds. The van der Waals surface area contributed by atoms with Crippen LogP contribution in [-0.4, -0.2) is 33.1 Å². The topological polar surface area (TPSA) is 59.8 Å². The molecule has 2 aromatic rings. The summed E-state index contributed by atoms with van der Waals surface area (Å²) in [6.07, 6.45) is 4.71. The van der Waals surface area contributed by atoms with Gasteiger partial charge < -0.3 is 5.32 Å². The third-order valence-electron chi connectivity index (χ3n) is 2.61. The molecule has 0 unspecified atom stereocenters. The van der Waals surface area contributed by atoms with Crippen molar-refractivity contribution in [2.24, 2.45) is 0 Å². The first-order valence-electron chi connectivity index (χ1n) is 5.99. The first kappa shape index (κ1) is 14.1. The van der Waals surface area contributed by atoms with Gasteiger partial charge in [0.15, 0.2) is 0 Å². The van der Waals surface area contributed by atoms with Crippen molar-refractivity contribution in [1.82, 2.24) is 20.1 Å². The van der Waals surface area contributed by atoms with E-state index < -0.39 is 18.4 Å². The van der Waals surface area contributed by atoms with Gasteiger partial charge in [-0.3, -0.25) is 9.78 Å². The number of rotatable bonds is 4. The molecule has 0 atom stereocenters. The van der Waals surface area contributed by atoms with Crippen molar-refractivity contribution >= 4 is 5.91 Å². The maximum atomic E-state index is 12.7. The molecule has 0 saturated carbocycles. The highest BCUT2D eigenvalue weighted by molar-refractivity contribution is 5.95. The molecule has 0 aliphatic heterocycles. The Balaban J connectivity index is 2.18. The maximum absolute atomic E-state index is 12.7. The number of carbonyl (C=O) groups is 1. The molecule has 106 valence electrons. The van der Waals surface area contributed by atoms with Crippen LogP contribution in [-0.2, 0) is 0 Å². The van der Waals surface area contributed by atoms with Crippen molar-refractivity contribution in [3.63, 3.8) is 0 Å². The Morgan fingerprint density at radius 2 is 2.25 bits per heavy atom. The molecule has 0 fully saturated rings. The number of amides is 1. The van der Waals surface area contributed by atoms with Crippen LogP contribution in [0.2, 0.25) is 0 Å². The summed E-state index contributed by atoms with van der Waals surface area (Å²) in [6.45, 7) is 1.69. The molecule has 0 bridgehead atoms. The van der Waals surface area contributed by atoms with Gasteiger partial charge in [-0.25, -0.2) is 13.5 Å². The lowest BCUT2D eigenvalue weighted by Gasteiger charge is -2.10. The molecule has 2 rings (SSSR count). The third-order valence-corrected chi connectivity index (χ3v) is 2.61. The minimum absolute atomic E-state index is 0.262. The fourth-order valence-electron chi connectivity index (χ4n) is 1.64. The van der Waals surface area contributed by atoms with Crippen LogP contribution >= 0.6 is 0 Å². The van der Waals surface area contributed by atoms with E-state index in [1.165, 1.54) is 10.9 Å². The van der Waals surface area contributed by atoms with Crippen LogP contribution in [0.5, 0.6) is 0 Å². The molecule has 0 saturated heterocycles. The lowest BCUT2D eigenvalue weighted by molar-refractivity contribution is 0.0221. The molecule has 7 heteroatoms. The van der Waals surface area contributed by atoms with E-state index in [0.717, 1.165) is 6.92 Å². The van der Waals surface area contributed by atoms with E-state index in [1.807, 2.05) is 0 Å². The highest BCUT2D eigenvalue weighted by Crippen LogP contribution is 2.13. The standard InChI is InChI=1S/C13H14F2N4O/c1-9-11(12(20)17-8-13(2,14)15)7-19(18-9)10-4-3-5-16-6-10/h3-7H,8H2,1-2H3,(H,17,20). The van der Waals surface area contributed by atoms with E-state index in [1.54, 1.807) is 31.5 Å². The average molecular weight is 280 g/mol. The van der Waals surface area contributed by atoms with Crippen molar-refractivity contribution in [3.8, 4) is 5.69 Å². The van der Waals surface area contributed by atoms with Crippen LogP contribution in [0.4, 0.5) is 8.78 Å². The summed E-state index contributed by atoms with van der Waals surface area (Å²) in [5, 5.41) is 6.36. The molecule has 1 N–H and O–H groups in total. The van der Waals surface area contributed by atoms with Crippen LogP contribution in [0.25, 0.3) is 5.69 Å². The number of nitrogens with zero attached hydrogens (tertiary/aromatic N) is 3. The summed E-state index contributed by atoms with van der Waals surface area (Å²) >= 11 is 0. The number of alkyl halides is 2. The van der Waals surface area contributed by atoms with Crippen LogP contribution in [0.1, 0.15) is 23.0 Å². The normalized spacial score (nSPS) is 11.4. The Morgan fingerprint density at radius 3 is 2.85 bits per heavy atom. The van der Waals surface area contributed by atoms with E-state index in [2.05, 4.69) is 15.4 Å². The van der Waals surface area contributed by atoms with Gasteiger partial charge in [0.2, 0.25) is 0 Å². The molecule has 5 nitrogen and oxygen atoms in total. The second-order valence-corrected chi connectivity index (χ2v) is 4.54. The number of halogens is 2. The largest absolute Gasteiger partial charge is 0.346 e. The average Bonchev–Trinajstić information content (AvgIpc) is 2.78. The monoisotopic (exact) mass is 280 g/mol. The number of hydrogen-bond donors (Lipinski definition) is 1. The van der Waals surface area contributed by atoms with Crippen LogP contribution < -0.4 is 5.32 Å². The Bertz CT molecular complexity index is 605. The predicted molar refractivity (Wildman–Crippen MR) is 69.1 cm³/mol. The quantitative estimate of drug-likeness (QED) is 0.931. The Morgan fingerprint density at radius 1 is 1.50 bits per heavy atom. The number of aromatic nitrogens is 3. The van der Waals surface area contributed by atoms with Gasteiger partial charge in [-0.15, -0.1) is 0 Å². The van der Waals surface area contributed by atoms with Gasteiger partial charge in [0.25, 0.3) is 11.8 Å². The van der Waals surface area contributed by atoms with Crippen molar-refractivity contribution < 1.29 is 13.6 Å². The van der Waals surface area contributed by atoms with E-state index in [4.69, 9.17) is 0 Å². The van der Waals surface area contributed by atoms with Crippen molar-refractivity contribution in [2.75, 3.05) is 6.54 Å². The predicted octanol–water partition coefficient (Wildman–Crippen LogP) is 1.96. The van der Waals surface area contributed by atoms with Gasteiger partial charge in [-0.2, -0.15) is 5.10 Å². The molecule has 0 aromatic carbocycles. The molecule has 0 spiro atoms. The molecular weight excluding hydrogens is 266 g/mol. The van der Waals surface area contributed by atoms with E-state index in [9.17, 15) is 13.6 Å². The fourth-order valence-corrected chi connectivity index (χ4v) is 1.64. The SMILES string of the molecule is Cc1nn(-c2cccnc2)cc1C(=O)NCC(C)(F)F. The highest BCUT2D eigenvalue weighted by Gasteiger charge is 2.23. The number of hydrogen-bond acceptors (Lipinski definition) is 3. The van der Waals surface area contributed by atoms with Gasteiger partial charge in [0, 0.05) is 19.3 Å². The summed E-state index contributed by atoms with van der Waals surface area (Å²) in [7, 11) is 0. The third kappa shape index (κ3) is 3.37. The minimum atomic E-state index is -2.94. The minimum Gasteiger partial charge on any atom is -0.346 e. The van der Waals surface area contributed by atoms with Crippen molar-refractivity contribution in [2.45, 2.75) is 19.8 Å². The summed E-state index contributed by atoms with van der Waals surface area (Å²) in [5.74, 6) is -3.51. The zero-order valence-electron chi connectivity index (χ0n) is 11.1. The first-order valence-corrected chi connectivity index (χ1v) is 5.99. The zero-order chi connectivity index (χ0) is 14.8. The van der Waals surface area contributed by atoms with Gasteiger partial charge in [-0.05, 0) is 19.1 Å². The van der Waals surface area contributed by atoms with Gasteiger partial charge in [-0.1, -0.05) is 0 Å². The molecular formula is C13H14F2N4O. The van der Waals surface area contributed by atoms with Crippen LogP contribution in [0.3, 0.4) is 0 Å². The van der Waals surface area contributed by atoms with Gasteiger partial charge >= 0.3 is 0 Å². The summed E-state index contributed by atoms with van der Waals surface area (Å²) in [4.78, 5) is 15.8. The van der Waals surface area contributed by atoms with Crippen molar-refractivity contribution in [3.05, 3.63) is 42.0 Å². The number of nitrogens with one attached hydrogen (secondary N) is 1. The Kier molecular flexibility index (Phi) is 3.78. The fraction of sp³-hybridized carbons (Fsp3) is 0.308. The van der Waals surface area contributed by atoms with E-state index >= 15 is 0 Å². The number of pyridine rings is 1. The van der Waals surface area contributed by atoms with Gasteiger partial charge in [0.05, 0.1) is 29.7 Å². The lowest BCUT2D eigenvalue weighted by Crippen LogP contribution is -2.34. The van der Waals surface area contributed by atoms with Gasteiger partial charge in [0.1, 0.15) is 0 Å². The highest BCUT2D eigenvalue weighted by atomic mass is 19.3. The first-order chi connectivity index (χ1) is 9.37. The Labute approximate surface area is 114 Å². The molecule has 0 radical (unpaired) electrons. The molecule has 2 aromatic heterocycles. The summed E-state index contributed by atoms with van der Waals surface area (Å²) < 4.78 is 26.9. The second kappa shape index (κ2) is 5.36.